The highest BCUT2D eigenvalue weighted by atomic mass is 16.5. The van der Waals surface area contributed by atoms with Crippen LogP contribution in [0.15, 0.2) is 30.3 Å². The molecule has 148 valence electrons. The largest absolute Gasteiger partial charge is 0.508 e. The zero-order valence-corrected chi connectivity index (χ0v) is 16.2. The number of anilines is 1. The zero-order valence-electron chi connectivity index (χ0n) is 16.2. The summed E-state index contributed by atoms with van der Waals surface area (Å²) in [5.41, 5.74) is 1.52. The molecule has 0 spiro atoms. The molecule has 1 atom stereocenters. The Labute approximate surface area is 165 Å². The second kappa shape index (κ2) is 8.14. The molecule has 0 radical (unpaired) electrons. The third-order valence-electron chi connectivity index (χ3n) is 5.40. The predicted octanol–water partition coefficient (Wildman–Crippen LogP) is 2.35. The number of nitrogens with zero attached hydrogens (tertiary/aromatic N) is 4. The summed E-state index contributed by atoms with van der Waals surface area (Å²) in [6, 6.07) is 8.62. The van der Waals surface area contributed by atoms with Crippen molar-refractivity contribution < 1.29 is 14.6 Å². The van der Waals surface area contributed by atoms with Gasteiger partial charge in [0.05, 0.1) is 18.9 Å². The van der Waals surface area contributed by atoms with E-state index in [0.29, 0.717) is 25.3 Å². The Bertz CT molecular complexity index is 851. The second-order valence-electron chi connectivity index (χ2n) is 7.44. The first kappa shape index (κ1) is 18.7. The summed E-state index contributed by atoms with van der Waals surface area (Å²) >= 11 is 0. The minimum absolute atomic E-state index is 0.0419. The van der Waals surface area contributed by atoms with Crippen molar-refractivity contribution in [3.63, 3.8) is 0 Å². The van der Waals surface area contributed by atoms with Crippen molar-refractivity contribution in [2.45, 2.75) is 25.7 Å². The maximum atomic E-state index is 12.9. The van der Waals surface area contributed by atoms with Gasteiger partial charge in [-0.2, -0.15) is 0 Å². The van der Waals surface area contributed by atoms with E-state index in [2.05, 4.69) is 20.9 Å². The Morgan fingerprint density at radius 3 is 2.79 bits per heavy atom. The summed E-state index contributed by atoms with van der Waals surface area (Å²) in [4.78, 5) is 26.3. The summed E-state index contributed by atoms with van der Waals surface area (Å²) in [6.07, 6.45) is 1.94. The molecule has 2 fully saturated rings. The van der Waals surface area contributed by atoms with E-state index in [4.69, 9.17) is 4.74 Å². The molecule has 1 amide bonds. The Balaban J connectivity index is 1.52. The molecular formula is C21H26N4O3. The highest BCUT2D eigenvalue weighted by Crippen LogP contribution is 2.29. The minimum atomic E-state index is -0.0419. The van der Waals surface area contributed by atoms with Crippen LogP contribution in [0.3, 0.4) is 0 Å². The number of hydrogen-bond donors (Lipinski definition) is 1. The molecule has 2 aliphatic heterocycles. The van der Waals surface area contributed by atoms with Crippen LogP contribution < -0.4 is 4.90 Å². The van der Waals surface area contributed by atoms with Crippen molar-refractivity contribution in [1.82, 2.24) is 14.9 Å². The molecule has 3 heterocycles. The number of benzene rings is 1. The lowest BCUT2D eigenvalue weighted by molar-refractivity contribution is 0.0705. The number of rotatable bonds is 3. The normalized spacial score (nSPS) is 20.2. The van der Waals surface area contributed by atoms with Gasteiger partial charge < -0.3 is 19.6 Å². The Kier molecular flexibility index (Phi) is 5.43. The van der Waals surface area contributed by atoms with Crippen molar-refractivity contribution >= 4 is 11.7 Å². The number of phenolic OH excluding ortho intramolecular Hbond substituents is 1. The first-order valence-corrected chi connectivity index (χ1v) is 9.87. The number of hydrogen-bond acceptors (Lipinski definition) is 6. The Hall–Kier alpha value is -2.67. The number of phenols is 1. The number of aryl methyl sites for hydroxylation is 1. The van der Waals surface area contributed by atoms with Crippen LogP contribution in [-0.4, -0.2) is 65.3 Å². The molecule has 1 aromatic carbocycles. The lowest BCUT2D eigenvalue weighted by atomic mass is 9.93. The van der Waals surface area contributed by atoms with Gasteiger partial charge in [-0.1, -0.05) is 6.07 Å². The van der Waals surface area contributed by atoms with Crippen LogP contribution in [-0.2, 0) is 4.74 Å². The van der Waals surface area contributed by atoms with Gasteiger partial charge in [0.25, 0.3) is 5.91 Å². The molecule has 2 saturated heterocycles. The number of likely N-dealkylation sites (tertiary alicyclic amines) is 1. The second-order valence-corrected chi connectivity index (χ2v) is 7.44. The maximum absolute atomic E-state index is 12.9. The third kappa shape index (κ3) is 4.09. The van der Waals surface area contributed by atoms with E-state index in [1.165, 1.54) is 6.07 Å². The number of aromatic nitrogens is 2. The van der Waals surface area contributed by atoms with Gasteiger partial charge in [0.15, 0.2) is 0 Å². The lowest BCUT2D eigenvalue weighted by Crippen LogP contribution is -2.40. The van der Waals surface area contributed by atoms with Gasteiger partial charge in [0, 0.05) is 43.7 Å². The smallest absolute Gasteiger partial charge is 0.254 e. The number of ether oxygens (including phenoxy) is 1. The summed E-state index contributed by atoms with van der Waals surface area (Å²) < 4.78 is 5.44. The number of aromatic hydroxyl groups is 1. The number of carbonyl (C=O) groups is 1. The van der Waals surface area contributed by atoms with Crippen LogP contribution in [0.25, 0.3) is 0 Å². The van der Waals surface area contributed by atoms with Crippen LogP contribution in [0.1, 0.15) is 40.6 Å². The molecule has 28 heavy (non-hydrogen) atoms. The lowest BCUT2D eigenvalue weighted by Gasteiger charge is -2.33. The predicted molar refractivity (Wildman–Crippen MR) is 106 cm³/mol. The van der Waals surface area contributed by atoms with E-state index >= 15 is 0 Å². The molecular weight excluding hydrogens is 356 g/mol. The quantitative estimate of drug-likeness (QED) is 0.878. The van der Waals surface area contributed by atoms with Gasteiger partial charge in [0.1, 0.15) is 17.4 Å². The maximum Gasteiger partial charge on any atom is 0.254 e. The number of carbonyl (C=O) groups excluding carboxylic acids is 1. The number of morpholine rings is 1. The van der Waals surface area contributed by atoms with Crippen molar-refractivity contribution in [2.24, 2.45) is 0 Å². The van der Waals surface area contributed by atoms with Gasteiger partial charge in [-0.3, -0.25) is 4.79 Å². The van der Waals surface area contributed by atoms with Gasteiger partial charge in [-0.25, -0.2) is 9.97 Å². The highest BCUT2D eigenvalue weighted by Gasteiger charge is 2.27. The van der Waals surface area contributed by atoms with Crippen LogP contribution in [0.2, 0.25) is 0 Å². The first-order valence-electron chi connectivity index (χ1n) is 9.87. The molecule has 1 aromatic heterocycles. The summed E-state index contributed by atoms with van der Waals surface area (Å²) in [5, 5.41) is 9.67. The summed E-state index contributed by atoms with van der Waals surface area (Å²) in [7, 11) is 0. The average molecular weight is 382 g/mol. The molecule has 1 N–H and O–H groups in total. The van der Waals surface area contributed by atoms with E-state index < -0.39 is 0 Å². The molecule has 4 rings (SSSR count). The number of amides is 1. The standard InChI is InChI=1S/C21H26N4O3/c1-15-22-19(13-20(23-15)24-8-10-28-11-9-24)17-5-3-7-25(14-17)21(27)16-4-2-6-18(26)12-16/h2,4,6,12-13,17,26H,3,5,7-11,14H2,1H3/t17-/m0/s1. The molecule has 2 aromatic rings. The van der Waals surface area contributed by atoms with Gasteiger partial charge in [-0.15, -0.1) is 0 Å². The molecule has 0 saturated carbocycles. The molecule has 2 aliphatic rings. The van der Waals surface area contributed by atoms with Crippen LogP contribution in [0, 0.1) is 6.92 Å². The van der Waals surface area contributed by atoms with Gasteiger partial charge in [-0.05, 0) is 38.0 Å². The van der Waals surface area contributed by atoms with E-state index in [1.54, 1.807) is 18.2 Å². The van der Waals surface area contributed by atoms with Crippen molar-refractivity contribution in [2.75, 3.05) is 44.3 Å². The molecule has 7 nitrogen and oxygen atoms in total. The topological polar surface area (TPSA) is 78.8 Å². The van der Waals surface area contributed by atoms with Crippen molar-refractivity contribution in [1.29, 1.82) is 0 Å². The van der Waals surface area contributed by atoms with Crippen molar-refractivity contribution in [3.05, 3.63) is 47.4 Å². The molecule has 0 bridgehead atoms. The molecule has 0 unspecified atom stereocenters. The third-order valence-corrected chi connectivity index (χ3v) is 5.40. The Morgan fingerprint density at radius 2 is 2.00 bits per heavy atom. The monoisotopic (exact) mass is 382 g/mol. The van der Waals surface area contributed by atoms with Crippen LogP contribution >= 0.6 is 0 Å². The average Bonchev–Trinajstić information content (AvgIpc) is 2.73. The van der Waals surface area contributed by atoms with E-state index in [9.17, 15) is 9.90 Å². The fourth-order valence-corrected chi connectivity index (χ4v) is 3.96. The summed E-state index contributed by atoms with van der Waals surface area (Å²) in [6.45, 7) is 6.39. The van der Waals surface area contributed by atoms with E-state index in [-0.39, 0.29) is 17.6 Å². The molecule has 7 heteroatoms. The highest BCUT2D eigenvalue weighted by molar-refractivity contribution is 5.94. The fourth-order valence-electron chi connectivity index (χ4n) is 3.96. The van der Waals surface area contributed by atoms with Crippen molar-refractivity contribution in [3.8, 4) is 5.75 Å². The van der Waals surface area contributed by atoms with Crippen LogP contribution in [0.4, 0.5) is 5.82 Å². The van der Waals surface area contributed by atoms with Gasteiger partial charge >= 0.3 is 0 Å². The zero-order chi connectivity index (χ0) is 19.5. The number of piperidine rings is 1. The Morgan fingerprint density at radius 1 is 1.18 bits per heavy atom. The van der Waals surface area contributed by atoms with E-state index in [1.807, 2.05) is 11.8 Å². The van der Waals surface area contributed by atoms with Gasteiger partial charge in [0.2, 0.25) is 0 Å². The molecule has 0 aliphatic carbocycles. The first-order chi connectivity index (χ1) is 13.6. The SMILES string of the molecule is Cc1nc([C@H]2CCCN(C(=O)c3cccc(O)c3)C2)cc(N2CCOCC2)n1. The fraction of sp³-hybridized carbons (Fsp3) is 0.476. The minimum Gasteiger partial charge on any atom is -0.508 e. The van der Waals surface area contributed by atoms with E-state index in [0.717, 1.165) is 49.8 Å². The summed E-state index contributed by atoms with van der Waals surface area (Å²) in [5.74, 6) is 1.97. The van der Waals surface area contributed by atoms with Crippen LogP contribution in [0.5, 0.6) is 5.75 Å².